The number of anilines is 1. The van der Waals surface area contributed by atoms with Crippen LogP contribution in [-0.2, 0) is 10.9 Å². The molecule has 1 aromatic rings. The number of halogens is 3. The highest BCUT2D eigenvalue weighted by molar-refractivity contribution is 5.88. The Labute approximate surface area is 137 Å². The summed E-state index contributed by atoms with van der Waals surface area (Å²) >= 11 is 0. The van der Waals surface area contributed by atoms with Gasteiger partial charge in [0.2, 0.25) is 0 Å². The van der Waals surface area contributed by atoms with E-state index in [2.05, 4.69) is 15.5 Å². The Morgan fingerprint density at radius 1 is 1.21 bits per heavy atom. The fourth-order valence-corrected chi connectivity index (χ4v) is 2.52. The lowest BCUT2D eigenvalue weighted by Gasteiger charge is -2.31. The second-order valence-electron chi connectivity index (χ2n) is 6.19. The number of ether oxygens (including phenoxy) is 1. The summed E-state index contributed by atoms with van der Waals surface area (Å²) in [7, 11) is 0. The number of carbonyl (C=O) groups is 1. The molecule has 1 aliphatic carbocycles. The van der Waals surface area contributed by atoms with Crippen LogP contribution in [0.1, 0.15) is 31.4 Å². The maximum atomic E-state index is 12.4. The number of nitrogens with one attached hydrogen (secondary N) is 1. The van der Waals surface area contributed by atoms with Crippen LogP contribution in [0.5, 0.6) is 0 Å². The van der Waals surface area contributed by atoms with Crippen LogP contribution in [0.4, 0.5) is 23.8 Å². The predicted molar refractivity (Wildman–Crippen MR) is 79.3 cm³/mol. The third kappa shape index (κ3) is 4.56. The van der Waals surface area contributed by atoms with Crippen LogP contribution >= 0.6 is 0 Å². The van der Waals surface area contributed by atoms with Crippen molar-refractivity contribution in [3.05, 3.63) is 17.8 Å². The smallest absolute Gasteiger partial charge is 0.378 e. The highest BCUT2D eigenvalue weighted by atomic mass is 19.4. The molecule has 2 amide bonds. The van der Waals surface area contributed by atoms with E-state index in [0.717, 1.165) is 31.6 Å². The molecule has 132 valence electrons. The first kappa shape index (κ1) is 16.9. The van der Waals surface area contributed by atoms with Gasteiger partial charge in [0.1, 0.15) is 0 Å². The minimum absolute atomic E-state index is 0.0000990. The van der Waals surface area contributed by atoms with E-state index >= 15 is 0 Å². The second kappa shape index (κ2) is 6.92. The van der Waals surface area contributed by atoms with Gasteiger partial charge < -0.3 is 9.64 Å². The largest absolute Gasteiger partial charge is 0.435 e. The fourth-order valence-electron chi connectivity index (χ4n) is 2.52. The summed E-state index contributed by atoms with van der Waals surface area (Å²) < 4.78 is 43.1. The molecule has 24 heavy (non-hydrogen) atoms. The Balaban J connectivity index is 1.45. The molecule has 1 aliphatic heterocycles. The molecule has 0 unspecified atom stereocenters. The molecule has 2 heterocycles. The van der Waals surface area contributed by atoms with Crippen molar-refractivity contribution < 1.29 is 22.7 Å². The molecule has 1 saturated carbocycles. The van der Waals surface area contributed by atoms with Crippen LogP contribution in [0.3, 0.4) is 0 Å². The second-order valence-corrected chi connectivity index (χ2v) is 6.19. The van der Waals surface area contributed by atoms with Gasteiger partial charge in [-0.3, -0.25) is 5.32 Å². The number of hydrogen-bond acceptors (Lipinski definition) is 4. The van der Waals surface area contributed by atoms with Crippen LogP contribution in [0, 0.1) is 5.92 Å². The van der Waals surface area contributed by atoms with Crippen LogP contribution in [-0.4, -0.2) is 46.9 Å². The van der Waals surface area contributed by atoms with Gasteiger partial charge >= 0.3 is 12.2 Å². The van der Waals surface area contributed by atoms with Crippen LogP contribution in [0.15, 0.2) is 12.1 Å². The number of amides is 2. The molecule has 2 aliphatic rings. The maximum absolute atomic E-state index is 12.4. The number of rotatable bonds is 4. The van der Waals surface area contributed by atoms with Crippen molar-refractivity contribution in [1.29, 1.82) is 0 Å². The summed E-state index contributed by atoms with van der Waals surface area (Å²) in [5.74, 6) is 0.713. The number of aromatic nitrogens is 2. The molecule has 2 fully saturated rings. The van der Waals surface area contributed by atoms with E-state index < -0.39 is 11.9 Å². The minimum Gasteiger partial charge on any atom is -0.378 e. The highest BCUT2D eigenvalue weighted by Crippen LogP contribution is 2.30. The zero-order valence-corrected chi connectivity index (χ0v) is 13.1. The van der Waals surface area contributed by atoms with E-state index in [1.165, 1.54) is 12.8 Å². The Morgan fingerprint density at radius 2 is 1.92 bits per heavy atom. The Bertz CT molecular complexity index is 567. The summed E-state index contributed by atoms with van der Waals surface area (Å²) in [4.78, 5) is 13.7. The molecular weight excluding hydrogens is 325 g/mol. The molecule has 0 bridgehead atoms. The van der Waals surface area contributed by atoms with Crippen molar-refractivity contribution in [2.45, 2.75) is 38.0 Å². The third-order valence-corrected chi connectivity index (χ3v) is 4.18. The summed E-state index contributed by atoms with van der Waals surface area (Å²) in [6, 6.07) is 1.50. The van der Waals surface area contributed by atoms with Gasteiger partial charge in [0.15, 0.2) is 11.5 Å². The first-order valence-electron chi connectivity index (χ1n) is 8.00. The van der Waals surface area contributed by atoms with Gasteiger partial charge in [-0.15, -0.1) is 10.2 Å². The van der Waals surface area contributed by atoms with Crippen LogP contribution < -0.4 is 5.32 Å². The van der Waals surface area contributed by atoms with Crippen molar-refractivity contribution in [1.82, 2.24) is 15.1 Å². The summed E-state index contributed by atoms with van der Waals surface area (Å²) in [6.07, 6.45) is -0.346. The van der Waals surface area contributed by atoms with E-state index in [1.807, 2.05) is 0 Å². The number of piperidine rings is 1. The quantitative estimate of drug-likeness (QED) is 0.912. The number of urea groups is 1. The van der Waals surface area contributed by atoms with Crippen LogP contribution in [0.2, 0.25) is 0 Å². The van der Waals surface area contributed by atoms with Gasteiger partial charge in [-0.2, -0.15) is 13.2 Å². The molecule has 0 spiro atoms. The Kier molecular flexibility index (Phi) is 4.88. The standard InChI is InChI=1S/C15H19F3N4O2/c16-15(17,18)12-3-4-13(21-20-12)19-14(23)22-7-5-11(6-8-22)24-9-10-1-2-10/h3-4,10-11H,1-2,5-9H2,(H,19,21,23). The normalized spacial score (nSPS) is 19.4. The molecule has 0 atom stereocenters. The van der Waals surface area contributed by atoms with Gasteiger partial charge in [-0.25, -0.2) is 4.79 Å². The summed E-state index contributed by atoms with van der Waals surface area (Å²) in [5, 5.41) is 8.95. The van der Waals surface area contributed by atoms with Crippen LogP contribution in [0.25, 0.3) is 0 Å². The lowest BCUT2D eigenvalue weighted by atomic mass is 10.1. The number of likely N-dealkylation sites (tertiary alicyclic amines) is 1. The fraction of sp³-hybridized carbons (Fsp3) is 0.667. The number of hydrogen-bond donors (Lipinski definition) is 1. The molecule has 3 rings (SSSR count). The number of carbonyl (C=O) groups excluding carboxylic acids is 1. The van der Waals surface area contributed by atoms with Crippen molar-refractivity contribution in [2.24, 2.45) is 5.92 Å². The molecule has 9 heteroatoms. The predicted octanol–water partition coefficient (Wildman–Crippen LogP) is 2.92. The lowest BCUT2D eigenvalue weighted by Crippen LogP contribution is -2.43. The Hall–Kier alpha value is -1.90. The van der Waals surface area contributed by atoms with Crippen molar-refractivity contribution in [3.8, 4) is 0 Å². The van der Waals surface area contributed by atoms with Crippen molar-refractivity contribution in [2.75, 3.05) is 25.0 Å². The third-order valence-electron chi connectivity index (χ3n) is 4.18. The van der Waals surface area contributed by atoms with E-state index in [1.54, 1.807) is 4.90 Å². The van der Waals surface area contributed by atoms with E-state index in [0.29, 0.717) is 19.0 Å². The minimum atomic E-state index is -4.54. The lowest BCUT2D eigenvalue weighted by molar-refractivity contribution is -0.141. The van der Waals surface area contributed by atoms with E-state index in [-0.39, 0.29) is 18.0 Å². The first-order chi connectivity index (χ1) is 11.4. The SMILES string of the molecule is O=C(Nc1ccc(C(F)(F)F)nn1)N1CCC(OCC2CC2)CC1. The Morgan fingerprint density at radius 3 is 2.46 bits per heavy atom. The molecule has 1 aromatic heterocycles. The summed E-state index contributed by atoms with van der Waals surface area (Å²) in [6.45, 7) is 1.91. The van der Waals surface area contributed by atoms with Crippen molar-refractivity contribution in [3.63, 3.8) is 0 Å². The first-order valence-corrected chi connectivity index (χ1v) is 8.00. The van der Waals surface area contributed by atoms with Gasteiger partial charge in [0.05, 0.1) is 6.10 Å². The van der Waals surface area contributed by atoms with E-state index in [4.69, 9.17) is 4.74 Å². The van der Waals surface area contributed by atoms with Gasteiger partial charge in [-0.1, -0.05) is 0 Å². The average molecular weight is 344 g/mol. The molecule has 0 radical (unpaired) electrons. The van der Waals surface area contributed by atoms with E-state index in [9.17, 15) is 18.0 Å². The molecule has 0 aromatic carbocycles. The molecule has 1 N–H and O–H groups in total. The summed E-state index contributed by atoms with van der Waals surface area (Å²) in [5.41, 5.74) is -1.09. The maximum Gasteiger partial charge on any atom is 0.435 e. The van der Waals surface area contributed by atoms with Crippen molar-refractivity contribution >= 4 is 11.8 Å². The van der Waals surface area contributed by atoms with Gasteiger partial charge in [0, 0.05) is 19.7 Å². The van der Waals surface area contributed by atoms with Gasteiger partial charge in [-0.05, 0) is 43.7 Å². The zero-order valence-electron chi connectivity index (χ0n) is 13.1. The average Bonchev–Trinajstić information content (AvgIpc) is 3.37. The topological polar surface area (TPSA) is 67.4 Å². The molecular formula is C15H19F3N4O2. The monoisotopic (exact) mass is 344 g/mol. The number of alkyl halides is 3. The van der Waals surface area contributed by atoms with Gasteiger partial charge in [0.25, 0.3) is 0 Å². The highest BCUT2D eigenvalue weighted by Gasteiger charge is 2.33. The molecule has 6 nitrogen and oxygen atoms in total. The zero-order chi connectivity index (χ0) is 17.2. The number of nitrogens with zero attached hydrogens (tertiary/aromatic N) is 3. The molecule has 1 saturated heterocycles.